The molecule has 1 aliphatic heterocycles. The van der Waals surface area contributed by atoms with Crippen molar-refractivity contribution in [3.63, 3.8) is 0 Å². The van der Waals surface area contributed by atoms with E-state index in [0.29, 0.717) is 16.3 Å². The van der Waals surface area contributed by atoms with E-state index in [4.69, 9.17) is 17.3 Å². The van der Waals surface area contributed by atoms with Crippen LogP contribution >= 0.6 is 11.6 Å². The fourth-order valence-corrected chi connectivity index (χ4v) is 3.78. The Hall–Kier alpha value is -3.50. The number of carbonyl (C=O) groups excluding carboxylic acids is 1. The Bertz CT molecular complexity index is 1120. The van der Waals surface area contributed by atoms with E-state index < -0.39 is 0 Å². The summed E-state index contributed by atoms with van der Waals surface area (Å²) in [6, 6.07) is 26.9. The van der Waals surface area contributed by atoms with Crippen molar-refractivity contribution in [2.24, 2.45) is 5.73 Å². The van der Waals surface area contributed by atoms with Gasteiger partial charge in [0.25, 0.3) is 0 Å². The lowest BCUT2D eigenvalue weighted by Gasteiger charge is -2.21. The molecule has 1 heterocycles. The molecule has 0 aromatic heterocycles. The Morgan fingerprint density at radius 1 is 0.933 bits per heavy atom. The van der Waals surface area contributed by atoms with Gasteiger partial charge >= 0.3 is 0 Å². The number of rotatable bonds is 5. The van der Waals surface area contributed by atoms with Crippen LogP contribution in [0.4, 0.5) is 5.69 Å². The SMILES string of the molecule is CC(=O)C1=C(c2ccccc2)N[C@H](Nc2ccc(Cl)cc2)/C1=C(/N)c1ccccc1. The number of benzene rings is 3. The number of hydrogen-bond donors (Lipinski definition) is 3. The highest BCUT2D eigenvalue weighted by Crippen LogP contribution is 2.36. The first-order chi connectivity index (χ1) is 14.5. The van der Waals surface area contributed by atoms with Crippen molar-refractivity contribution in [3.05, 3.63) is 112 Å². The van der Waals surface area contributed by atoms with Gasteiger partial charge in [0.2, 0.25) is 0 Å². The van der Waals surface area contributed by atoms with Crippen LogP contribution in [-0.4, -0.2) is 11.9 Å². The quantitative estimate of drug-likeness (QED) is 0.545. The van der Waals surface area contributed by atoms with Gasteiger partial charge in [0.05, 0.1) is 11.3 Å². The third kappa shape index (κ3) is 3.95. The fourth-order valence-electron chi connectivity index (χ4n) is 3.65. The van der Waals surface area contributed by atoms with Gasteiger partial charge in [-0.15, -0.1) is 0 Å². The summed E-state index contributed by atoms with van der Waals surface area (Å²) in [5, 5.41) is 7.59. The van der Waals surface area contributed by atoms with E-state index in [2.05, 4.69) is 10.6 Å². The topological polar surface area (TPSA) is 67.2 Å². The number of hydrogen-bond acceptors (Lipinski definition) is 4. The van der Waals surface area contributed by atoms with Crippen LogP contribution in [0.25, 0.3) is 11.4 Å². The molecule has 0 unspecified atom stereocenters. The molecule has 0 saturated carbocycles. The molecule has 0 fully saturated rings. The summed E-state index contributed by atoms with van der Waals surface area (Å²) in [5.74, 6) is -0.0457. The van der Waals surface area contributed by atoms with E-state index in [0.717, 1.165) is 28.1 Å². The second kappa shape index (κ2) is 8.47. The second-order valence-corrected chi connectivity index (χ2v) is 7.53. The van der Waals surface area contributed by atoms with E-state index >= 15 is 0 Å². The molecule has 0 amide bonds. The van der Waals surface area contributed by atoms with Crippen molar-refractivity contribution in [2.75, 3.05) is 5.32 Å². The van der Waals surface area contributed by atoms with Crippen LogP contribution in [0.2, 0.25) is 5.02 Å². The first kappa shape index (κ1) is 19.8. The van der Waals surface area contributed by atoms with Gasteiger partial charge in [0, 0.05) is 22.0 Å². The van der Waals surface area contributed by atoms with E-state index in [1.165, 1.54) is 0 Å². The van der Waals surface area contributed by atoms with Crippen LogP contribution in [0.15, 0.2) is 96.1 Å². The van der Waals surface area contributed by atoms with Crippen molar-refractivity contribution in [1.29, 1.82) is 0 Å². The molecule has 0 spiro atoms. The first-order valence-electron chi connectivity index (χ1n) is 9.69. The van der Waals surface area contributed by atoms with Crippen molar-refractivity contribution in [2.45, 2.75) is 13.1 Å². The maximum Gasteiger partial charge on any atom is 0.162 e. The molecular weight excluding hydrogens is 394 g/mol. The van der Waals surface area contributed by atoms with Crippen LogP contribution in [0.5, 0.6) is 0 Å². The Morgan fingerprint density at radius 3 is 2.13 bits per heavy atom. The van der Waals surface area contributed by atoms with Crippen LogP contribution in [0.3, 0.4) is 0 Å². The lowest BCUT2D eigenvalue weighted by Crippen LogP contribution is -2.33. The predicted molar refractivity (Wildman–Crippen MR) is 124 cm³/mol. The molecular formula is C25H22ClN3O. The molecule has 4 nitrogen and oxygen atoms in total. The van der Waals surface area contributed by atoms with Crippen molar-refractivity contribution < 1.29 is 4.79 Å². The van der Waals surface area contributed by atoms with Gasteiger partial charge in [-0.2, -0.15) is 0 Å². The zero-order chi connectivity index (χ0) is 21.1. The Morgan fingerprint density at radius 2 is 1.53 bits per heavy atom. The average Bonchev–Trinajstić information content (AvgIpc) is 3.15. The maximum absolute atomic E-state index is 12.8. The number of Topliss-reactive ketones (excluding diaryl/α,β-unsaturated/α-hetero) is 1. The van der Waals surface area contributed by atoms with Crippen LogP contribution < -0.4 is 16.4 Å². The van der Waals surface area contributed by atoms with Gasteiger partial charge in [-0.3, -0.25) is 4.79 Å². The van der Waals surface area contributed by atoms with Crippen molar-refractivity contribution in [1.82, 2.24) is 5.32 Å². The maximum atomic E-state index is 12.8. The van der Waals surface area contributed by atoms with Crippen molar-refractivity contribution in [3.8, 4) is 0 Å². The van der Waals surface area contributed by atoms with Gasteiger partial charge in [-0.05, 0) is 42.3 Å². The fraction of sp³-hybridized carbons (Fsp3) is 0.0800. The molecule has 1 aliphatic rings. The third-order valence-electron chi connectivity index (χ3n) is 5.04. The van der Waals surface area contributed by atoms with Gasteiger partial charge in [0.15, 0.2) is 5.78 Å². The van der Waals surface area contributed by atoms with E-state index in [1.54, 1.807) is 6.92 Å². The number of halogens is 1. The summed E-state index contributed by atoms with van der Waals surface area (Å²) in [6.45, 7) is 1.57. The van der Waals surface area contributed by atoms with Gasteiger partial charge < -0.3 is 16.4 Å². The van der Waals surface area contributed by atoms with E-state index in [9.17, 15) is 4.79 Å². The predicted octanol–water partition coefficient (Wildman–Crippen LogP) is 5.05. The average molecular weight is 416 g/mol. The summed E-state index contributed by atoms with van der Waals surface area (Å²) in [6.07, 6.45) is -0.375. The molecule has 150 valence electrons. The monoisotopic (exact) mass is 415 g/mol. The Labute approximate surface area is 181 Å². The number of nitrogens with two attached hydrogens (primary N) is 1. The van der Waals surface area contributed by atoms with Gasteiger partial charge in [-0.25, -0.2) is 0 Å². The molecule has 0 radical (unpaired) electrons. The third-order valence-corrected chi connectivity index (χ3v) is 5.29. The zero-order valence-electron chi connectivity index (χ0n) is 16.5. The molecule has 0 bridgehead atoms. The number of carbonyl (C=O) groups is 1. The second-order valence-electron chi connectivity index (χ2n) is 7.09. The lowest BCUT2D eigenvalue weighted by molar-refractivity contribution is -0.113. The Kier molecular flexibility index (Phi) is 5.59. The lowest BCUT2D eigenvalue weighted by atomic mass is 9.95. The molecule has 1 atom stereocenters. The summed E-state index contributed by atoms with van der Waals surface area (Å²) in [7, 11) is 0. The molecule has 4 rings (SSSR count). The van der Waals surface area contributed by atoms with Crippen LogP contribution in [-0.2, 0) is 4.79 Å². The highest BCUT2D eigenvalue weighted by atomic mass is 35.5. The summed E-state index contributed by atoms with van der Waals surface area (Å²) in [4.78, 5) is 12.8. The molecule has 0 aliphatic carbocycles. The highest BCUT2D eigenvalue weighted by Gasteiger charge is 2.34. The molecule has 0 saturated heterocycles. The zero-order valence-corrected chi connectivity index (χ0v) is 17.3. The molecule has 4 N–H and O–H groups in total. The van der Waals surface area contributed by atoms with Crippen LogP contribution in [0, 0.1) is 0 Å². The largest absolute Gasteiger partial charge is 0.398 e. The number of nitrogens with one attached hydrogen (secondary N) is 2. The minimum atomic E-state index is -0.375. The standard InChI is InChI=1S/C25H22ClN3O/c1-16(30)21-22(23(27)17-8-4-2-5-9-17)25(28-20-14-12-19(26)13-15-20)29-24(21)18-10-6-3-7-11-18/h2-15,25,28-29H,27H2,1H3/b23-22+/t25-/m0/s1. The van der Waals surface area contributed by atoms with Crippen molar-refractivity contribution >= 4 is 34.5 Å². The van der Waals surface area contributed by atoms with E-state index in [-0.39, 0.29) is 11.9 Å². The number of anilines is 1. The van der Waals surface area contributed by atoms with Crippen LogP contribution in [0.1, 0.15) is 18.1 Å². The van der Waals surface area contributed by atoms with Gasteiger partial charge in [0.1, 0.15) is 6.17 Å². The number of ketones is 1. The normalized spacial score (nSPS) is 17.5. The van der Waals surface area contributed by atoms with E-state index in [1.807, 2.05) is 84.9 Å². The summed E-state index contributed by atoms with van der Waals surface area (Å²) in [5.41, 5.74) is 12.0. The minimum absolute atomic E-state index is 0.0457. The summed E-state index contributed by atoms with van der Waals surface area (Å²) >= 11 is 6.03. The minimum Gasteiger partial charge on any atom is -0.398 e. The molecule has 30 heavy (non-hydrogen) atoms. The first-order valence-corrected chi connectivity index (χ1v) is 10.1. The highest BCUT2D eigenvalue weighted by molar-refractivity contribution is 6.30. The smallest absolute Gasteiger partial charge is 0.162 e. The molecule has 3 aromatic carbocycles. The van der Waals surface area contributed by atoms with Gasteiger partial charge in [-0.1, -0.05) is 72.3 Å². The molecule has 3 aromatic rings. The Balaban J connectivity index is 1.86. The summed E-state index contributed by atoms with van der Waals surface area (Å²) < 4.78 is 0. The molecule has 5 heteroatoms.